The lowest BCUT2D eigenvalue weighted by Crippen LogP contribution is -2.44. The van der Waals surface area contributed by atoms with Crippen LogP contribution in [0.2, 0.25) is 0 Å². The number of aryl methyl sites for hydroxylation is 1. The third-order valence-electron chi connectivity index (χ3n) is 3.64. The Morgan fingerprint density at radius 1 is 1.60 bits per heavy atom. The van der Waals surface area contributed by atoms with E-state index in [1.54, 1.807) is 6.20 Å². The standard InChI is InChI=1S/C12H20N2O/c1-4-14-11(5-6-13-14)12(15)7-10(8-12)9(2)3/h5-6,9-10,15H,4,7-8H2,1-3H3. The minimum Gasteiger partial charge on any atom is -0.384 e. The predicted molar refractivity (Wildman–Crippen MR) is 59.4 cm³/mol. The quantitative estimate of drug-likeness (QED) is 0.826. The summed E-state index contributed by atoms with van der Waals surface area (Å²) in [6.07, 6.45) is 3.55. The second kappa shape index (κ2) is 3.63. The van der Waals surface area contributed by atoms with Crippen LogP contribution >= 0.6 is 0 Å². The summed E-state index contributed by atoms with van der Waals surface area (Å²) in [4.78, 5) is 0. The Hall–Kier alpha value is -0.830. The van der Waals surface area contributed by atoms with Crippen LogP contribution in [0.1, 0.15) is 39.3 Å². The highest BCUT2D eigenvalue weighted by Gasteiger charge is 2.46. The predicted octanol–water partition coefficient (Wildman–Crippen LogP) is 2.16. The van der Waals surface area contributed by atoms with E-state index in [2.05, 4.69) is 25.9 Å². The van der Waals surface area contributed by atoms with Gasteiger partial charge >= 0.3 is 0 Å². The number of nitrogens with zero attached hydrogens (tertiary/aromatic N) is 2. The average molecular weight is 208 g/mol. The van der Waals surface area contributed by atoms with E-state index in [9.17, 15) is 5.11 Å². The second-order valence-electron chi connectivity index (χ2n) is 4.98. The number of aliphatic hydroxyl groups is 1. The zero-order valence-corrected chi connectivity index (χ0v) is 9.77. The van der Waals surface area contributed by atoms with Gasteiger partial charge in [-0.25, -0.2) is 0 Å². The molecule has 3 nitrogen and oxygen atoms in total. The molecule has 0 bridgehead atoms. The molecule has 84 valence electrons. The van der Waals surface area contributed by atoms with Gasteiger partial charge in [0.2, 0.25) is 0 Å². The van der Waals surface area contributed by atoms with Crippen molar-refractivity contribution < 1.29 is 5.11 Å². The van der Waals surface area contributed by atoms with Crippen LogP contribution in [0.5, 0.6) is 0 Å². The van der Waals surface area contributed by atoms with Crippen LogP contribution in [-0.2, 0) is 12.1 Å². The molecule has 1 aromatic rings. The van der Waals surface area contributed by atoms with E-state index in [0.29, 0.717) is 11.8 Å². The number of rotatable bonds is 3. The fraction of sp³-hybridized carbons (Fsp3) is 0.750. The second-order valence-corrected chi connectivity index (χ2v) is 4.98. The molecular weight excluding hydrogens is 188 g/mol. The lowest BCUT2D eigenvalue weighted by molar-refractivity contribution is -0.0993. The Kier molecular flexibility index (Phi) is 2.59. The maximum absolute atomic E-state index is 10.4. The Balaban J connectivity index is 2.13. The monoisotopic (exact) mass is 208 g/mol. The fourth-order valence-electron chi connectivity index (χ4n) is 2.47. The molecule has 1 aliphatic rings. The lowest BCUT2D eigenvalue weighted by Gasteiger charge is -2.45. The summed E-state index contributed by atoms with van der Waals surface area (Å²) in [7, 11) is 0. The Morgan fingerprint density at radius 2 is 2.27 bits per heavy atom. The van der Waals surface area contributed by atoms with Crippen molar-refractivity contribution in [3.05, 3.63) is 18.0 Å². The number of aromatic nitrogens is 2. The van der Waals surface area contributed by atoms with Gasteiger partial charge in [0, 0.05) is 12.7 Å². The SMILES string of the molecule is CCn1nccc1C1(O)CC(C(C)C)C1. The van der Waals surface area contributed by atoms with Gasteiger partial charge in [-0.05, 0) is 37.7 Å². The molecule has 0 saturated heterocycles. The smallest absolute Gasteiger partial charge is 0.107 e. The molecule has 3 heteroatoms. The Labute approximate surface area is 91.1 Å². The molecule has 1 heterocycles. The molecule has 0 aliphatic heterocycles. The molecule has 0 amide bonds. The Morgan fingerprint density at radius 3 is 2.80 bits per heavy atom. The summed E-state index contributed by atoms with van der Waals surface area (Å²) in [6, 6.07) is 1.94. The van der Waals surface area contributed by atoms with E-state index in [1.165, 1.54) is 0 Å². The van der Waals surface area contributed by atoms with Crippen LogP contribution in [0.4, 0.5) is 0 Å². The van der Waals surface area contributed by atoms with Gasteiger partial charge in [0.25, 0.3) is 0 Å². The normalized spacial score (nSPS) is 30.6. The average Bonchev–Trinajstić information content (AvgIpc) is 2.60. The van der Waals surface area contributed by atoms with Crippen LogP contribution in [0.15, 0.2) is 12.3 Å². The van der Waals surface area contributed by atoms with Crippen molar-refractivity contribution in [3.8, 4) is 0 Å². The maximum atomic E-state index is 10.4. The fourth-order valence-corrected chi connectivity index (χ4v) is 2.47. The van der Waals surface area contributed by atoms with Gasteiger partial charge in [-0.1, -0.05) is 13.8 Å². The number of hydrogen-bond acceptors (Lipinski definition) is 2. The van der Waals surface area contributed by atoms with Crippen LogP contribution < -0.4 is 0 Å². The summed E-state index contributed by atoms with van der Waals surface area (Å²) in [5.41, 5.74) is 0.378. The van der Waals surface area contributed by atoms with Gasteiger partial charge in [-0.15, -0.1) is 0 Å². The maximum Gasteiger partial charge on any atom is 0.107 e. The zero-order valence-electron chi connectivity index (χ0n) is 9.77. The summed E-state index contributed by atoms with van der Waals surface area (Å²) in [6.45, 7) is 7.33. The zero-order chi connectivity index (χ0) is 11.1. The van der Waals surface area contributed by atoms with Crippen molar-refractivity contribution in [1.29, 1.82) is 0 Å². The summed E-state index contributed by atoms with van der Waals surface area (Å²) < 4.78 is 1.90. The first-order chi connectivity index (χ1) is 7.07. The first-order valence-corrected chi connectivity index (χ1v) is 5.81. The van der Waals surface area contributed by atoms with Gasteiger partial charge < -0.3 is 5.11 Å². The van der Waals surface area contributed by atoms with E-state index in [0.717, 1.165) is 25.1 Å². The van der Waals surface area contributed by atoms with Gasteiger partial charge in [-0.3, -0.25) is 4.68 Å². The molecule has 0 spiro atoms. The van der Waals surface area contributed by atoms with Crippen LogP contribution in [0.25, 0.3) is 0 Å². The van der Waals surface area contributed by atoms with Gasteiger partial charge in [0.05, 0.1) is 5.69 Å². The first kappa shape index (κ1) is 10.7. The molecule has 1 N–H and O–H groups in total. The molecule has 1 aliphatic carbocycles. The van der Waals surface area contributed by atoms with Crippen molar-refractivity contribution in [2.24, 2.45) is 11.8 Å². The third kappa shape index (κ3) is 1.69. The number of hydrogen-bond donors (Lipinski definition) is 1. The highest BCUT2D eigenvalue weighted by atomic mass is 16.3. The summed E-state index contributed by atoms with van der Waals surface area (Å²) >= 11 is 0. The molecule has 15 heavy (non-hydrogen) atoms. The molecule has 0 radical (unpaired) electrons. The van der Waals surface area contributed by atoms with Crippen molar-refractivity contribution in [2.75, 3.05) is 0 Å². The van der Waals surface area contributed by atoms with Crippen molar-refractivity contribution in [2.45, 2.75) is 45.8 Å². The highest BCUT2D eigenvalue weighted by Crippen LogP contribution is 2.48. The van der Waals surface area contributed by atoms with Crippen molar-refractivity contribution in [3.63, 3.8) is 0 Å². The van der Waals surface area contributed by atoms with E-state index in [-0.39, 0.29) is 0 Å². The topological polar surface area (TPSA) is 38.0 Å². The highest BCUT2D eigenvalue weighted by molar-refractivity contribution is 5.17. The molecule has 2 rings (SSSR count). The minimum absolute atomic E-state index is 0.610. The van der Waals surface area contributed by atoms with Gasteiger partial charge in [-0.2, -0.15) is 5.10 Å². The lowest BCUT2D eigenvalue weighted by atomic mass is 9.65. The largest absolute Gasteiger partial charge is 0.384 e. The van der Waals surface area contributed by atoms with E-state index in [4.69, 9.17) is 0 Å². The van der Waals surface area contributed by atoms with Crippen LogP contribution in [-0.4, -0.2) is 14.9 Å². The molecular formula is C12H20N2O. The van der Waals surface area contributed by atoms with Crippen LogP contribution in [0.3, 0.4) is 0 Å². The molecule has 1 saturated carbocycles. The Bertz CT molecular complexity index is 337. The molecule has 0 aromatic carbocycles. The van der Waals surface area contributed by atoms with E-state index >= 15 is 0 Å². The van der Waals surface area contributed by atoms with Gasteiger partial charge in [0.1, 0.15) is 5.60 Å². The first-order valence-electron chi connectivity index (χ1n) is 5.81. The molecule has 0 unspecified atom stereocenters. The minimum atomic E-state index is -0.610. The summed E-state index contributed by atoms with van der Waals surface area (Å²) in [5, 5.41) is 14.7. The van der Waals surface area contributed by atoms with Crippen LogP contribution in [0, 0.1) is 11.8 Å². The van der Waals surface area contributed by atoms with E-state index < -0.39 is 5.60 Å². The third-order valence-corrected chi connectivity index (χ3v) is 3.64. The summed E-state index contributed by atoms with van der Waals surface area (Å²) in [5.74, 6) is 1.33. The molecule has 1 aromatic heterocycles. The molecule has 0 atom stereocenters. The van der Waals surface area contributed by atoms with E-state index in [1.807, 2.05) is 10.7 Å². The van der Waals surface area contributed by atoms with Crippen molar-refractivity contribution in [1.82, 2.24) is 9.78 Å². The van der Waals surface area contributed by atoms with Gasteiger partial charge in [0.15, 0.2) is 0 Å². The van der Waals surface area contributed by atoms with Crippen molar-refractivity contribution >= 4 is 0 Å². The molecule has 1 fully saturated rings.